The third kappa shape index (κ3) is 3.22. The normalized spacial score (nSPS) is 9.95. The van der Waals surface area contributed by atoms with Crippen LogP contribution in [0.4, 0.5) is 5.69 Å². The zero-order chi connectivity index (χ0) is 13.7. The lowest BCUT2D eigenvalue weighted by atomic mass is 10.2. The summed E-state index contributed by atoms with van der Waals surface area (Å²) in [6, 6.07) is 14.5. The molecule has 0 atom stereocenters. The number of hydrogen-bond donors (Lipinski definition) is 0. The van der Waals surface area contributed by atoms with Crippen LogP contribution in [-0.4, -0.2) is 12.0 Å². The quantitative estimate of drug-likeness (QED) is 0.611. The Morgan fingerprint density at radius 3 is 2.63 bits per heavy atom. The van der Waals surface area contributed by atoms with E-state index in [-0.39, 0.29) is 18.0 Å². The van der Waals surface area contributed by atoms with Crippen molar-refractivity contribution < 1.29 is 14.4 Å². The number of nitro benzene ring substituents is 1. The van der Waals surface area contributed by atoms with Crippen molar-refractivity contribution in [2.24, 2.45) is 0 Å². The molecule has 0 aromatic heterocycles. The van der Waals surface area contributed by atoms with Crippen LogP contribution in [-0.2, 0) is 6.61 Å². The number of hydrogen-bond acceptors (Lipinski definition) is 4. The van der Waals surface area contributed by atoms with E-state index in [4.69, 9.17) is 9.47 Å². The van der Waals surface area contributed by atoms with E-state index < -0.39 is 4.92 Å². The maximum Gasteiger partial charge on any atom is 0.318 e. The van der Waals surface area contributed by atoms with Gasteiger partial charge in [0.15, 0.2) is 5.75 Å². The van der Waals surface area contributed by atoms with E-state index in [2.05, 4.69) is 6.07 Å². The van der Waals surface area contributed by atoms with Gasteiger partial charge in [0, 0.05) is 0 Å². The van der Waals surface area contributed by atoms with Gasteiger partial charge >= 0.3 is 5.69 Å². The van der Waals surface area contributed by atoms with Crippen molar-refractivity contribution in [3.05, 3.63) is 64.2 Å². The van der Waals surface area contributed by atoms with Crippen molar-refractivity contribution in [3.8, 4) is 11.5 Å². The molecule has 0 N–H and O–H groups in total. The number of ether oxygens (including phenoxy) is 2. The minimum absolute atomic E-state index is 0.156. The molecule has 5 heteroatoms. The molecule has 0 heterocycles. The molecule has 0 fully saturated rings. The Bertz CT molecular complexity index is 566. The molecule has 97 valence electrons. The molecule has 0 saturated carbocycles. The van der Waals surface area contributed by atoms with Crippen LogP contribution in [0.2, 0.25) is 0 Å². The van der Waals surface area contributed by atoms with Crippen LogP contribution >= 0.6 is 0 Å². The summed E-state index contributed by atoms with van der Waals surface area (Å²) in [5, 5.41) is 10.8. The number of methoxy groups -OCH3 is 1. The summed E-state index contributed by atoms with van der Waals surface area (Å²) in [6.07, 6.45) is 0. The largest absolute Gasteiger partial charge is 0.497 e. The highest BCUT2D eigenvalue weighted by molar-refractivity contribution is 5.44. The number of nitro groups is 1. The molecule has 1 radical (unpaired) electrons. The number of para-hydroxylation sites is 1. The zero-order valence-electron chi connectivity index (χ0n) is 10.3. The van der Waals surface area contributed by atoms with Gasteiger partial charge in [0.2, 0.25) is 0 Å². The van der Waals surface area contributed by atoms with Crippen molar-refractivity contribution in [1.82, 2.24) is 0 Å². The zero-order valence-corrected chi connectivity index (χ0v) is 10.3. The van der Waals surface area contributed by atoms with E-state index in [1.54, 1.807) is 19.2 Å². The number of benzene rings is 2. The van der Waals surface area contributed by atoms with Crippen molar-refractivity contribution in [3.63, 3.8) is 0 Å². The lowest BCUT2D eigenvalue weighted by molar-refractivity contribution is -0.386. The molecule has 2 rings (SSSR count). The first-order valence-electron chi connectivity index (χ1n) is 5.61. The lowest BCUT2D eigenvalue weighted by Crippen LogP contribution is -1.99. The summed E-state index contributed by atoms with van der Waals surface area (Å²) in [4.78, 5) is 10.3. The minimum atomic E-state index is -0.511. The van der Waals surface area contributed by atoms with Gasteiger partial charge in [0.1, 0.15) is 12.4 Å². The van der Waals surface area contributed by atoms with Crippen LogP contribution in [0.1, 0.15) is 5.56 Å². The highest BCUT2D eigenvalue weighted by Gasteiger charge is 2.13. The molecule has 19 heavy (non-hydrogen) atoms. The highest BCUT2D eigenvalue weighted by atomic mass is 16.6. The van der Waals surface area contributed by atoms with Gasteiger partial charge in [-0.25, -0.2) is 0 Å². The minimum Gasteiger partial charge on any atom is -0.497 e. The Morgan fingerprint density at radius 1 is 1.26 bits per heavy atom. The second-order valence-electron chi connectivity index (χ2n) is 3.78. The maximum atomic E-state index is 10.8. The van der Waals surface area contributed by atoms with Crippen molar-refractivity contribution in [1.29, 1.82) is 0 Å². The maximum absolute atomic E-state index is 10.8. The first kappa shape index (κ1) is 12.9. The Balaban J connectivity index is 2.07. The number of nitrogens with zero attached hydrogens (tertiary/aromatic N) is 1. The van der Waals surface area contributed by atoms with E-state index in [1.807, 2.05) is 24.3 Å². The average molecular weight is 258 g/mol. The number of rotatable bonds is 5. The highest BCUT2D eigenvalue weighted by Crippen LogP contribution is 2.26. The first-order valence-corrected chi connectivity index (χ1v) is 5.61. The van der Waals surface area contributed by atoms with Crippen LogP contribution in [0.5, 0.6) is 11.5 Å². The molecule has 0 aliphatic rings. The van der Waals surface area contributed by atoms with E-state index in [1.165, 1.54) is 6.07 Å². The van der Waals surface area contributed by atoms with Gasteiger partial charge in [-0.05, 0) is 29.8 Å². The topological polar surface area (TPSA) is 61.6 Å². The average Bonchev–Trinajstić information content (AvgIpc) is 2.46. The molecule has 0 spiro atoms. The summed E-state index contributed by atoms with van der Waals surface area (Å²) >= 11 is 0. The summed E-state index contributed by atoms with van der Waals surface area (Å²) in [5.74, 6) is 0.964. The molecule has 2 aromatic carbocycles. The van der Waals surface area contributed by atoms with Crippen LogP contribution < -0.4 is 9.47 Å². The van der Waals surface area contributed by atoms with E-state index in [0.29, 0.717) is 0 Å². The molecule has 0 aliphatic carbocycles. The van der Waals surface area contributed by atoms with E-state index >= 15 is 0 Å². The van der Waals surface area contributed by atoms with Crippen molar-refractivity contribution >= 4 is 5.69 Å². The Kier molecular flexibility index (Phi) is 3.97. The second-order valence-corrected chi connectivity index (χ2v) is 3.78. The van der Waals surface area contributed by atoms with Crippen molar-refractivity contribution in [2.75, 3.05) is 7.11 Å². The fourth-order valence-electron chi connectivity index (χ4n) is 1.55. The summed E-state index contributed by atoms with van der Waals surface area (Å²) in [7, 11) is 1.59. The van der Waals surface area contributed by atoms with Crippen LogP contribution in [0.25, 0.3) is 0 Å². The molecule has 0 bridgehead atoms. The Labute approximate surface area is 110 Å². The van der Waals surface area contributed by atoms with Gasteiger partial charge in [-0.15, -0.1) is 0 Å². The van der Waals surface area contributed by atoms with Gasteiger partial charge < -0.3 is 9.47 Å². The fourth-order valence-corrected chi connectivity index (χ4v) is 1.55. The summed E-state index contributed by atoms with van der Waals surface area (Å²) in [5.41, 5.74) is 0.745. The van der Waals surface area contributed by atoms with E-state index in [0.717, 1.165) is 11.3 Å². The smallest absolute Gasteiger partial charge is 0.318 e. The third-order valence-corrected chi connectivity index (χ3v) is 2.53. The molecule has 0 amide bonds. The Hall–Kier alpha value is -2.56. The lowest BCUT2D eigenvalue weighted by Gasteiger charge is -2.07. The molecule has 5 nitrogen and oxygen atoms in total. The van der Waals surface area contributed by atoms with Gasteiger partial charge in [-0.1, -0.05) is 18.2 Å². The molecule has 0 aliphatic heterocycles. The monoisotopic (exact) mass is 258 g/mol. The van der Waals surface area contributed by atoms with Crippen molar-refractivity contribution in [2.45, 2.75) is 6.61 Å². The van der Waals surface area contributed by atoms with E-state index in [9.17, 15) is 10.1 Å². The molecule has 0 saturated heterocycles. The molecular formula is C14H12NO4. The fraction of sp³-hybridized carbons (Fsp3) is 0.143. The van der Waals surface area contributed by atoms with Crippen LogP contribution in [0.3, 0.4) is 0 Å². The van der Waals surface area contributed by atoms with Gasteiger partial charge in [-0.2, -0.15) is 0 Å². The predicted octanol–water partition coefficient (Wildman–Crippen LogP) is 2.98. The Morgan fingerprint density at radius 2 is 2.00 bits per heavy atom. The summed E-state index contributed by atoms with van der Waals surface area (Å²) < 4.78 is 10.5. The molecule has 2 aromatic rings. The SMILES string of the molecule is COc1ccc(COc2ccc[c]c2[N+](=O)[O-])cc1. The molecule has 0 unspecified atom stereocenters. The standard InChI is InChI=1S/C14H12NO4/c1-18-12-8-6-11(7-9-12)10-19-14-5-3-2-4-13(14)15(16)17/h2-3,5-9H,10H2,1H3. The third-order valence-electron chi connectivity index (χ3n) is 2.53. The predicted molar refractivity (Wildman–Crippen MR) is 69.3 cm³/mol. The van der Waals surface area contributed by atoms with Gasteiger partial charge in [-0.3, -0.25) is 10.1 Å². The first-order chi connectivity index (χ1) is 9.20. The van der Waals surface area contributed by atoms with Gasteiger partial charge in [0.05, 0.1) is 18.1 Å². The summed E-state index contributed by atoms with van der Waals surface area (Å²) in [6.45, 7) is 0.253. The molecular weight excluding hydrogens is 246 g/mol. The van der Waals surface area contributed by atoms with Crippen LogP contribution in [0.15, 0.2) is 42.5 Å². The van der Waals surface area contributed by atoms with Crippen LogP contribution in [0, 0.1) is 16.2 Å². The second kappa shape index (κ2) is 5.86. The van der Waals surface area contributed by atoms with Gasteiger partial charge in [0.25, 0.3) is 0 Å².